The van der Waals surface area contributed by atoms with Crippen LogP contribution < -0.4 is 0 Å². The highest BCUT2D eigenvalue weighted by atomic mass is 35.5. The fraction of sp³-hybridized carbons (Fsp3) is 0.688. The Hall–Kier alpha value is -0.680. The Morgan fingerprint density at radius 1 is 1.57 bits per heavy atom. The van der Waals surface area contributed by atoms with Crippen molar-refractivity contribution in [2.75, 3.05) is 33.5 Å². The van der Waals surface area contributed by atoms with Crippen molar-refractivity contribution in [3.63, 3.8) is 0 Å². The lowest BCUT2D eigenvalue weighted by molar-refractivity contribution is -0.112. The number of nitrogens with zero attached hydrogens (tertiary/aromatic N) is 1. The van der Waals surface area contributed by atoms with Crippen LogP contribution in [0.4, 0.5) is 0 Å². The van der Waals surface area contributed by atoms with Crippen LogP contribution in [0.1, 0.15) is 32.1 Å². The van der Waals surface area contributed by atoms with Crippen LogP contribution in [-0.4, -0.2) is 49.4 Å². The summed E-state index contributed by atoms with van der Waals surface area (Å²) in [4.78, 5) is 4.34. The van der Waals surface area contributed by atoms with E-state index in [9.17, 15) is 5.11 Å². The van der Waals surface area contributed by atoms with E-state index < -0.39 is 0 Å². The van der Waals surface area contributed by atoms with Gasteiger partial charge in [0.05, 0.1) is 18.8 Å². The van der Waals surface area contributed by atoms with Gasteiger partial charge in [-0.15, -0.1) is 6.58 Å². The summed E-state index contributed by atoms with van der Waals surface area (Å²) in [5.41, 5.74) is 0.636. The molecule has 0 radical (unpaired) electrons. The molecule has 1 atom stereocenters. The van der Waals surface area contributed by atoms with Crippen LogP contribution in [0.15, 0.2) is 29.3 Å². The standard InChI is InChI=1S/C16H26ClNO3/c1-3-4-6-14(12-19)11-15(17)18-9-8-16(20-2)7-5-10-21-13-16/h3,11,19H,1,4-10,12-13H2,2H3/b14-11+,18-15+. The number of methoxy groups -OCH3 is 1. The molecule has 1 aliphatic rings. The molecule has 1 N–H and O–H groups in total. The number of rotatable bonds is 9. The van der Waals surface area contributed by atoms with E-state index in [1.165, 1.54) is 0 Å². The predicted octanol–water partition coefficient (Wildman–Crippen LogP) is 3.09. The van der Waals surface area contributed by atoms with E-state index in [0.717, 1.165) is 44.3 Å². The van der Waals surface area contributed by atoms with Crippen LogP contribution >= 0.6 is 11.6 Å². The molecule has 0 aromatic heterocycles. The smallest absolute Gasteiger partial charge is 0.123 e. The van der Waals surface area contributed by atoms with Crippen LogP contribution in [0.5, 0.6) is 0 Å². The minimum Gasteiger partial charge on any atom is -0.392 e. The fourth-order valence-electron chi connectivity index (χ4n) is 2.35. The predicted molar refractivity (Wildman–Crippen MR) is 87.2 cm³/mol. The van der Waals surface area contributed by atoms with Gasteiger partial charge in [-0.2, -0.15) is 0 Å². The van der Waals surface area contributed by atoms with Crippen LogP contribution in [0.25, 0.3) is 0 Å². The average molecular weight is 316 g/mol. The largest absolute Gasteiger partial charge is 0.392 e. The topological polar surface area (TPSA) is 51.0 Å². The van der Waals surface area contributed by atoms with Gasteiger partial charge in [0, 0.05) is 20.3 Å². The van der Waals surface area contributed by atoms with Crippen molar-refractivity contribution in [1.29, 1.82) is 0 Å². The first-order valence-electron chi connectivity index (χ1n) is 7.40. The molecule has 1 fully saturated rings. The van der Waals surface area contributed by atoms with Gasteiger partial charge in [-0.1, -0.05) is 17.7 Å². The first-order chi connectivity index (χ1) is 10.2. The SMILES string of the molecule is C=CCC/C(=C\C(Cl)=N/CCC1(OC)CCCOC1)CO. The minimum atomic E-state index is -0.231. The molecule has 0 amide bonds. The molecule has 0 aliphatic carbocycles. The minimum absolute atomic E-state index is 0.00454. The molecule has 1 rings (SSSR count). The lowest BCUT2D eigenvalue weighted by Crippen LogP contribution is -2.41. The highest BCUT2D eigenvalue weighted by Crippen LogP contribution is 2.26. The Kier molecular flexibility index (Phi) is 8.85. The molecular weight excluding hydrogens is 290 g/mol. The first kappa shape index (κ1) is 18.4. The van der Waals surface area contributed by atoms with Gasteiger partial charge in [-0.3, -0.25) is 4.99 Å². The molecule has 0 spiro atoms. The molecule has 4 nitrogen and oxygen atoms in total. The van der Waals surface area contributed by atoms with Crippen LogP contribution in [0.2, 0.25) is 0 Å². The summed E-state index contributed by atoms with van der Waals surface area (Å²) in [5, 5.41) is 9.68. The third-order valence-corrected chi connectivity index (χ3v) is 3.97. The third kappa shape index (κ3) is 6.74. The highest BCUT2D eigenvalue weighted by Gasteiger charge is 2.32. The Morgan fingerprint density at radius 3 is 2.95 bits per heavy atom. The molecule has 5 heteroatoms. The average Bonchev–Trinajstić information content (AvgIpc) is 2.52. The van der Waals surface area contributed by atoms with Crippen molar-refractivity contribution in [2.45, 2.75) is 37.7 Å². The van der Waals surface area contributed by atoms with Crippen molar-refractivity contribution in [3.8, 4) is 0 Å². The zero-order valence-electron chi connectivity index (χ0n) is 12.8. The number of hydrogen-bond acceptors (Lipinski definition) is 4. The van der Waals surface area contributed by atoms with Gasteiger partial charge >= 0.3 is 0 Å². The van der Waals surface area contributed by atoms with Gasteiger partial charge in [0.2, 0.25) is 0 Å². The second kappa shape index (κ2) is 10.1. The van der Waals surface area contributed by atoms with E-state index in [-0.39, 0.29) is 12.2 Å². The number of ether oxygens (including phenoxy) is 2. The summed E-state index contributed by atoms with van der Waals surface area (Å²) in [6, 6.07) is 0. The van der Waals surface area contributed by atoms with E-state index in [4.69, 9.17) is 21.1 Å². The Labute approximate surface area is 132 Å². The van der Waals surface area contributed by atoms with Gasteiger partial charge in [0.1, 0.15) is 5.17 Å². The van der Waals surface area contributed by atoms with E-state index in [1.54, 1.807) is 13.2 Å². The summed E-state index contributed by atoms with van der Waals surface area (Å²) in [6.07, 6.45) is 7.92. The van der Waals surface area contributed by atoms with Crippen LogP contribution in [0, 0.1) is 0 Å². The number of halogens is 1. The summed E-state index contributed by atoms with van der Waals surface area (Å²) in [5.74, 6) is 0. The molecule has 21 heavy (non-hydrogen) atoms. The van der Waals surface area contributed by atoms with Crippen molar-refractivity contribution in [3.05, 3.63) is 24.3 Å². The van der Waals surface area contributed by atoms with Crippen molar-refractivity contribution >= 4 is 16.8 Å². The van der Waals surface area contributed by atoms with Gasteiger partial charge in [-0.25, -0.2) is 0 Å². The zero-order valence-corrected chi connectivity index (χ0v) is 13.6. The van der Waals surface area contributed by atoms with Gasteiger partial charge in [0.25, 0.3) is 0 Å². The number of hydrogen-bond donors (Lipinski definition) is 1. The molecule has 1 heterocycles. The number of allylic oxidation sites excluding steroid dienone is 2. The van der Waals surface area contributed by atoms with Crippen molar-refractivity contribution in [2.24, 2.45) is 4.99 Å². The summed E-state index contributed by atoms with van der Waals surface area (Å²) in [7, 11) is 1.72. The molecule has 0 bridgehead atoms. The number of aliphatic imine (C=N–C) groups is 1. The summed E-state index contributed by atoms with van der Waals surface area (Å²) >= 11 is 6.10. The van der Waals surface area contributed by atoms with E-state index >= 15 is 0 Å². The van der Waals surface area contributed by atoms with E-state index in [1.807, 2.05) is 6.08 Å². The molecule has 1 saturated heterocycles. The molecule has 120 valence electrons. The third-order valence-electron chi connectivity index (χ3n) is 3.75. The monoisotopic (exact) mass is 315 g/mol. The maximum Gasteiger partial charge on any atom is 0.123 e. The van der Waals surface area contributed by atoms with Crippen LogP contribution in [0.3, 0.4) is 0 Å². The fourth-order valence-corrected chi connectivity index (χ4v) is 2.59. The molecule has 0 aromatic carbocycles. The Bertz CT molecular complexity index is 374. The first-order valence-corrected chi connectivity index (χ1v) is 7.77. The van der Waals surface area contributed by atoms with Gasteiger partial charge in [-0.05, 0) is 43.8 Å². The van der Waals surface area contributed by atoms with Crippen molar-refractivity contribution < 1.29 is 14.6 Å². The summed E-state index contributed by atoms with van der Waals surface area (Å²) < 4.78 is 11.1. The summed E-state index contributed by atoms with van der Waals surface area (Å²) in [6.45, 7) is 5.68. The highest BCUT2D eigenvalue weighted by molar-refractivity contribution is 6.68. The molecule has 0 saturated carbocycles. The number of aliphatic hydroxyl groups excluding tert-OH is 1. The maximum absolute atomic E-state index is 9.26. The van der Waals surface area contributed by atoms with Crippen molar-refractivity contribution in [1.82, 2.24) is 0 Å². The molecule has 1 aliphatic heterocycles. The van der Waals surface area contributed by atoms with Crippen LogP contribution in [-0.2, 0) is 9.47 Å². The normalized spacial score (nSPS) is 24.1. The maximum atomic E-state index is 9.26. The quantitative estimate of drug-likeness (QED) is 0.525. The Morgan fingerprint density at radius 2 is 2.38 bits per heavy atom. The second-order valence-corrected chi connectivity index (χ2v) is 5.67. The lowest BCUT2D eigenvalue weighted by atomic mass is 9.93. The molecule has 0 aromatic rings. The molecular formula is C16H26ClNO3. The van der Waals surface area contributed by atoms with E-state index in [2.05, 4.69) is 11.6 Å². The lowest BCUT2D eigenvalue weighted by Gasteiger charge is -2.35. The number of aliphatic hydroxyl groups is 1. The van der Waals surface area contributed by atoms with Gasteiger partial charge in [0.15, 0.2) is 0 Å². The van der Waals surface area contributed by atoms with E-state index in [0.29, 0.717) is 18.3 Å². The Balaban J connectivity index is 2.50. The molecule has 1 unspecified atom stereocenters. The van der Waals surface area contributed by atoms with Gasteiger partial charge < -0.3 is 14.6 Å². The second-order valence-electron chi connectivity index (χ2n) is 5.29. The zero-order chi connectivity index (χ0) is 15.6.